The van der Waals surface area contributed by atoms with Crippen molar-refractivity contribution >= 4 is 47.0 Å². The first-order valence-electron chi connectivity index (χ1n) is 18.9. The van der Waals surface area contributed by atoms with Gasteiger partial charge in [0.25, 0.3) is 0 Å². The van der Waals surface area contributed by atoms with Crippen molar-refractivity contribution < 1.29 is 55.5 Å². The molecule has 8 nitrogen and oxygen atoms in total. The number of amides is 2. The van der Waals surface area contributed by atoms with E-state index in [0.717, 1.165) is 16.5 Å². The van der Waals surface area contributed by atoms with Gasteiger partial charge in [-0.15, -0.1) is 0 Å². The summed E-state index contributed by atoms with van der Waals surface area (Å²) in [5.74, 6) is -4.53. The Labute approximate surface area is 334 Å². The number of aromatic nitrogens is 1. The summed E-state index contributed by atoms with van der Waals surface area (Å²) in [5, 5.41) is 23.2. The number of carbonyl (C=O) groups is 2. The summed E-state index contributed by atoms with van der Waals surface area (Å²) in [7, 11) is -1.42. The molecule has 2 saturated heterocycles. The van der Waals surface area contributed by atoms with Gasteiger partial charge < -0.3 is 19.5 Å². The van der Waals surface area contributed by atoms with Crippen LogP contribution in [0.2, 0.25) is 6.32 Å². The van der Waals surface area contributed by atoms with Gasteiger partial charge in [-0.25, -0.2) is 4.90 Å². The minimum absolute atomic E-state index is 0.0580. The summed E-state index contributed by atoms with van der Waals surface area (Å²) in [5.41, 5.74) is -0.762. The highest BCUT2D eigenvalue weighted by Crippen LogP contribution is 2.52. The zero-order valence-electron chi connectivity index (χ0n) is 31.1. The molecule has 0 radical (unpaired) electrons. The minimum atomic E-state index is -5.21. The van der Waals surface area contributed by atoms with E-state index in [-0.39, 0.29) is 37.6 Å². The summed E-state index contributed by atoms with van der Waals surface area (Å²) in [6, 6.07) is 25.7. The summed E-state index contributed by atoms with van der Waals surface area (Å²) in [6.45, 7) is -0.0687. The van der Waals surface area contributed by atoms with E-state index in [0.29, 0.717) is 51.4 Å². The highest BCUT2D eigenvalue weighted by atomic mass is 19.4. The number of hydrogen-bond acceptors (Lipinski definition) is 7. The zero-order chi connectivity index (χ0) is 41.6. The molecule has 0 spiro atoms. The third-order valence-electron chi connectivity index (χ3n) is 11.2. The Morgan fingerprint density at radius 3 is 2.20 bits per heavy atom. The fourth-order valence-corrected chi connectivity index (χ4v) is 8.64. The van der Waals surface area contributed by atoms with Gasteiger partial charge in [-0.1, -0.05) is 54.6 Å². The maximum absolute atomic E-state index is 14.3. The van der Waals surface area contributed by atoms with Crippen LogP contribution in [0.5, 0.6) is 11.5 Å². The molecule has 4 aromatic carbocycles. The standard InChI is InChI=1S/C44H35BF6N2O6/c46-43(47,48)28-20-29(44(49,50)51)22-30(21-28)53-41(55)34-19-27(24-58-31-8-2-1-3-9-31)39-35(40(34)42(53)56)23-45(57)59-38(39)16-14-26(36-12-6-7-17-52-36)18-25-13-15-37(54)33-11-5-4-10-32(25)33/h1-13,15,17-18,20-22,34-35,38,40,54,57H,14,16,19,23-24H2/b26-18-/t34-,35+,38-,40-/m1/s1. The van der Waals surface area contributed by atoms with Crippen LogP contribution in [-0.4, -0.2) is 46.8 Å². The molecule has 59 heavy (non-hydrogen) atoms. The van der Waals surface area contributed by atoms with Crippen LogP contribution >= 0.6 is 0 Å². The van der Waals surface area contributed by atoms with Gasteiger partial charge in [0, 0.05) is 11.6 Å². The monoisotopic (exact) mass is 812 g/mol. The molecule has 3 heterocycles. The van der Waals surface area contributed by atoms with Crippen molar-refractivity contribution in [3.8, 4) is 11.5 Å². The number of rotatable bonds is 9. The SMILES string of the molecule is O=C1[C@@H]2[C@@H](CC(COc3ccccc3)=C3[C@@H](CC/C(=C/c4ccc(O)c5ccccc45)c4ccccn4)OB(O)C[C@@H]32)C(=O)N1c1cc(C(F)(F)F)cc(C(F)(F)F)c1. The lowest BCUT2D eigenvalue weighted by Gasteiger charge is -2.43. The molecule has 2 fully saturated rings. The minimum Gasteiger partial charge on any atom is -0.507 e. The van der Waals surface area contributed by atoms with Crippen LogP contribution in [0.15, 0.2) is 120 Å². The van der Waals surface area contributed by atoms with Crippen LogP contribution in [0, 0.1) is 17.8 Å². The average Bonchev–Trinajstić information content (AvgIpc) is 3.47. The summed E-state index contributed by atoms with van der Waals surface area (Å²) < 4.78 is 95.8. The highest BCUT2D eigenvalue weighted by molar-refractivity contribution is 6.43. The molecule has 5 aromatic rings. The Bertz CT molecular complexity index is 2440. The third kappa shape index (κ3) is 7.96. The number of halogens is 6. The maximum Gasteiger partial charge on any atom is 0.455 e. The number of alkyl halides is 6. The van der Waals surface area contributed by atoms with Crippen molar-refractivity contribution in [2.75, 3.05) is 11.5 Å². The number of fused-ring (bicyclic) bond motifs is 4. The number of hydrogen-bond donors (Lipinski definition) is 2. The quantitative estimate of drug-likeness (QED) is 0.0661. The number of para-hydroxylation sites is 1. The van der Waals surface area contributed by atoms with Crippen LogP contribution in [0.4, 0.5) is 32.0 Å². The molecule has 0 saturated carbocycles. The molecule has 2 aliphatic heterocycles. The molecule has 1 aliphatic carbocycles. The number of aromatic hydroxyl groups is 1. The van der Waals surface area contributed by atoms with Gasteiger partial charge in [0.15, 0.2) is 0 Å². The molecular weight excluding hydrogens is 777 g/mol. The van der Waals surface area contributed by atoms with Gasteiger partial charge in [0.2, 0.25) is 11.8 Å². The van der Waals surface area contributed by atoms with E-state index in [1.165, 1.54) is 0 Å². The molecule has 0 unspecified atom stereocenters. The summed E-state index contributed by atoms with van der Waals surface area (Å²) >= 11 is 0. The third-order valence-corrected chi connectivity index (χ3v) is 11.2. The number of phenols is 1. The van der Waals surface area contributed by atoms with Crippen molar-refractivity contribution in [1.29, 1.82) is 0 Å². The molecule has 4 atom stereocenters. The average molecular weight is 813 g/mol. The van der Waals surface area contributed by atoms with Crippen LogP contribution in [0.3, 0.4) is 0 Å². The second kappa shape index (κ2) is 15.7. The lowest BCUT2D eigenvalue weighted by molar-refractivity contribution is -0.143. The topological polar surface area (TPSA) is 109 Å². The Morgan fingerprint density at radius 2 is 1.53 bits per heavy atom. The molecule has 8 rings (SSSR count). The van der Waals surface area contributed by atoms with E-state index in [4.69, 9.17) is 9.39 Å². The number of pyridine rings is 1. The second-order valence-electron chi connectivity index (χ2n) is 14.8. The fraction of sp³-hybridized carbons (Fsp3) is 0.250. The van der Waals surface area contributed by atoms with Crippen LogP contribution in [0.1, 0.15) is 41.6 Å². The van der Waals surface area contributed by atoms with Gasteiger partial charge in [-0.05, 0) is 114 Å². The van der Waals surface area contributed by atoms with Gasteiger partial charge in [-0.3, -0.25) is 14.6 Å². The second-order valence-corrected chi connectivity index (χ2v) is 14.8. The van der Waals surface area contributed by atoms with Gasteiger partial charge in [0.1, 0.15) is 18.1 Å². The van der Waals surface area contributed by atoms with E-state index in [9.17, 15) is 46.1 Å². The number of nitrogens with zero attached hydrogens (tertiary/aromatic N) is 2. The Kier molecular flexibility index (Phi) is 10.6. The number of allylic oxidation sites excluding steroid dienone is 1. The molecule has 15 heteroatoms. The van der Waals surface area contributed by atoms with Gasteiger partial charge >= 0.3 is 19.5 Å². The first-order valence-corrected chi connectivity index (χ1v) is 18.9. The smallest absolute Gasteiger partial charge is 0.455 e. The normalized spacial score (nSPS) is 21.2. The maximum atomic E-state index is 14.3. The van der Waals surface area contributed by atoms with Gasteiger partial charge in [-0.2, -0.15) is 26.3 Å². The van der Waals surface area contributed by atoms with Crippen LogP contribution in [0.25, 0.3) is 22.4 Å². The first-order chi connectivity index (χ1) is 28.2. The zero-order valence-corrected chi connectivity index (χ0v) is 31.1. The Balaban J connectivity index is 1.18. The van der Waals surface area contributed by atoms with Crippen LogP contribution in [-0.2, 0) is 26.6 Å². The number of anilines is 1. The summed E-state index contributed by atoms with van der Waals surface area (Å²) in [6.07, 6.45) is -7.35. The molecule has 302 valence electrons. The molecule has 3 aliphatic rings. The van der Waals surface area contributed by atoms with E-state index in [2.05, 4.69) is 4.98 Å². The van der Waals surface area contributed by atoms with E-state index in [1.54, 1.807) is 60.8 Å². The molecule has 0 bridgehead atoms. The Morgan fingerprint density at radius 1 is 0.847 bits per heavy atom. The summed E-state index contributed by atoms with van der Waals surface area (Å²) in [4.78, 5) is 33.5. The number of phenolic OH excluding ortho intramolecular Hbond substituents is 1. The van der Waals surface area contributed by atoms with Crippen molar-refractivity contribution in [2.45, 2.75) is 44.0 Å². The predicted molar refractivity (Wildman–Crippen MR) is 208 cm³/mol. The van der Waals surface area contributed by atoms with Crippen molar-refractivity contribution in [2.24, 2.45) is 17.8 Å². The van der Waals surface area contributed by atoms with Crippen molar-refractivity contribution in [3.05, 3.63) is 143 Å². The Hall–Kier alpha value is -5.93. The molecule has 2 amide bonds. The molecular formula is C44H35BF6N2O6. The molecule has 2 N–H and O–H groups in total. The number of benzene rings is 4. The number of ether oxygens (including phenoxy) is 1. The van der Waals surface area contributed by atoms with E-state index >= 15 is 0 Å². The van der Waals surface area contributed by atoms with E-state index in [1.807, 2.05) is 36.4 Å². The van der Waals surface area contributed by atoms with Crippen LogP contribution < -0.4 is 9.64 Å². The first kappa shape index (κ1) is 39.9. The lowest BCUT2D eigenvalue weighted by Crippen LogP contribution is -2.46. The van der Waals surface area contributed by atoms with Crippen molar-refractivity contribution in [1.82, 2.24) is 4.98 Å². The fourth-order valence-electron chi connectivity index (χ4n) is 8.64. The highest BCUT2D eigenvalue weighted by Gasteiger charge is 2.58. The predicted octanol–water partition coefficient (Wildman–Crippen LogP) is 9.38. The van der Waals surface area contributed by atoms with Crippen molar-refractivity contribution in [3.63, 3.8) is 0 Å². The molecule has 1 aromatic heterocycles. The lowest BCUT2D eigenvalue weighted by atomic mass is 9.58. The number of carbonyl (C=O) groups excluding carboxylic acids is 2. The van der Waals surface area contributed by atoms with E-state index < -0.39 is 72.0 Å². The largest absolute Gasteiger partial charge is 0.507 e. The van der Waals surface area contributed by atoms with Gasteiger partial charge in [0.05, 0.1) is 40.4 Å². The number of imide groups is 1.